The summed E-state index contributed by atoms with van der Waals surface area (Å²) in [4.78, 5) is 7.80. The largest absolute Gasteiger partial charge is 0.389 e. The Bertz CT molecular complexity index is 358. The lowest BCUT2D eigenvalue weighted by molar-refractivity contribution is -0.0222. The second-order valence-electron chi connectivity index (χ2n) is 5.32. The van der Waals surface area contributed by atoms with Crippen molar-refractivity contribution in [1.29, 1.82) is 0 Å². The van der Waals surface area contributed by atoms with Crippen LogP contribution in [0, 0.1) is 6.92 Å². The molecule has 4 heteroatoms. The van der Waals surface area contributed by atoms with E-state index in [1.807, 2.05) is 5.51 Å². The SMILES string of the molecule is Cc1ncsc1CN(C)CC1(O)CCCCC1. The smallest absolute Gasteiger partial charge is 0.0798 e. The molecular weight excluding hydrogens is 232 g/mol. The standard InChI is InChI=1S/C13H22N2OS/c1-11-12(17-10-14-11)8-15(2)9-13(16)6-4-3-5-7-13/h10,16H,3-9H2,1-2H3. The zero-order chi connectivity index (χ0) is 12.3. The van der Waals surface area contributed by atoms with E-state index in [1.54, 1.807) is 11.3 Å². The van der Waals surface area contributed by atoms with Crippen molar-refractivity contribution in [3.05, 3.63) is 16.1 Å². The first-order valence-corrected chi connectivity index (χ1v) is 7.27. The maximum Gasteiger partial charge on any atom is 0.0798 e. The van der Waals surface area contributed by atoms with E-state index in [1.165, 1.54) is 24.1 Å². The van der Waals surface area contributed by atoms with E-state index in [0.717, 1.165) is 31.6 Å². The number of likely N-dealkylation sites (N-methyl/N-ethyl adjacent to an activating group) is 1. The number of aromatic nitrogens is 1. The van der Waals surface area contributed by atoms with E-state index in [-0.39, 0.29) is 0 Å². The van der Waals surface area contributed by atoms with Crippen LogP contribution >= 0.6 is 11.3 Å². The molecule has 1 heterocycles. The van der Waals surface area contributed by atoms with Crippen LogP contribution in [0.4, 0.5) is 0 Å². The van der Waals surface area contributed by atoms with Crippen LogP contribution < -0.4 is 0 Å². The fraction of sp³-hybridized carbons (Fsp3) is 0.769. The normalized spacial score (nSPS) is 19.8. The lowest BCUT2D eigenvalue weighted by Crippen LogP contribution is -2.42. The molecule has 1 aliphatic rings. The van der Waals surface area contributed by atoms with E-state index < -0.39 is 5.60 Å². The van der Waals surface area contributed by atoms with Gasteiger partial charge in [-0.15, -0.1) is 11.3 Å². The topological polar surface area (TPSA) is 36.4 Å². The Morgan fingerprint density at radius 2 is 2.12 bits per heavy atom. The molecule has 1 aromatic rings. The monoisotopic (exact) mass is 254 g/mol. The van der Waals surface area contributed by atoms with Crippen molar-refractivity contribution >= 4 is 11.3 Å². The van der Waals surface area contributed by atoms with Crippen LogP contribution in [-0.2, 0) is 6.54 Å². The van der Waals surface area contributed by atoms with Crippen molar-refractivity contribution in [1.82, 2.24) is 9.88 Å². The van der Waals surface area contributed by atoms with Crippen LogP contribution in [0.25, 0.3) is 0 Å². The maximum absolute atomic E-state index is 10.5. The fourth-order valence-corrected chi connectivity index (χ4v) is 3.51. The van der Waals surface area contributed by atoms with Gasteiger partial charge in [-0.2, -0.15) is 0 Å². The van der Waals surface area contributed by atoms with Crippen LogP contribution in [0.1, 0.15) is 42.7 Å². The summed E-state index contributed by atoms with van der Waals surface area (Å²) in [5.74, 6) is 0. The average molecular weight is 254 g/mol. The van der Waals surface area contributed by atoms with Crippen LogP contribution in [-0.4, -0.2) is 34.2 Å². The highest BCUT2D eigenvalue weighted by Gasteiger charge is 2.30. The highest BCUT2D eigenvalue weighted by molar-refractivity contribution is 7.09. The van der Waals surface area contributed by atoms with Gasteiger partial charge in [0.05, 0.1) is 16.8 Å². The molecular formula is C13H22N2OS. The molecule has 2 rings (SSSR count). The molecule has 1 saturated carbocycles. The predicted octanol–water partition coefficient (Wildman–Crippen LogP) is 2.58. The molecule has 0 saturated heterocycles. The average Bonchev–Trinajstić information content (AvgIpc) is 2.64. The van der Waals surface area contributed by atoms with Crippen molar-refractivity contribution in [2.24, 2.45) is 0 Å². The van der Waals surface area contributed by atoms with Gasteiger partial charge in [-0.1, -0.05) is 19.3 Å². The first-order valence-electron chi connectivity index (χ1n) is 6.39. The molecule has 0 amide bonds. The van der Waals surface area contributed by atoms with Gasteiger partial charge in [0.15, 0.2) is 0 Å². The second kappa shape index (κ2) is 5.46. The van der Waals surface area contributed by atoms with Crippen molar-refractivity contribution in [3.63, 3.8) is 0 Å². The highest BCUT2D eigenvalue weighted by Crippen LogP contribution is 2.29. The number of thiazole rings is 1. The molecule has 0 spiro atoms. The van der Waals surface area contributed by atoms with E-state index in [2.05, 4.69) is 23.9 Å². The van der Waals surface area contributed by atoms with Gasteiger partial charge >= 0.3 is 0 Å². The first kappa shape index (κ1) is 13.0. The lowest BCUT2D eigenvalue weighted by Gasteiger charge is -2.35. The number of aryl methyl sites for hydroxylation is 1. The summed E-state index contributed by atoms with van der Waals surface area (Å²) in [7, 11) is 2.09. The van der Waals surface area contributed by atoms with Crippen LogP contribution in [0.5, 0.6) is 0 Å². The minimum absolute atomic E-state index is 0.453. The molecule has 1 aromatic heterocycles. The van der Waals surface area contributed by atoms with Gasteiger partial charge in [-0.05, 0) is 26.8 Å². The molecule has 3 nitrogen and oxygen atoms in total. The van der Waals surface area contributed by atoms with Gasteiger partial charge < -0.3 is 5.11 Å². The molecule has 1 fully saturated rings. The van der Waals surface area contributed by atoms with Gasteiger partial charge in [-0.25, -0.2) is 4.98 Å². The summed E-state index contributed by atoms with van der Waals surface area (Å²) in [6.07, 6.45) is 5.53. The highest BCUT2D eigenvalue weighted by atomic mass is 32.1. The Hall–Kier alpha value is -0.450. The molecule has 0 aliphatic heterocycles. The van der Waals surface area contributed by atoms with E-state index in [9.17, 15) is 5.11 Å². The number of aliphatic hydroxyl groups is 1. The van der Waals surface area contributed by atoms with Crippen LogP contribution in [0.2, 0.25) is 0 Å². The third kappa shape index (κ3) is 3.50. The molecule has 1 aliphatic carbocycles. The van der Waals surface area contributed by atoms with Gasteiger partial charge in [0, 0.05) is 18.0 Å². The number of nitrogens with zero attached hydrogens (tertiary/aromatic N) is 2. The molecule has 96 valence electrons. The van der Waals surface area contributed by atoms with Gasteiger partial charge in [0.2, 0.25) is 0 Å². The molecule has 17 heavy (non-hydrogen) atoms. The number of hydrogen-bond acceptors (Lipinski definition) is 4. The van der Waals surface area contributed by atoms with E-state index in [4.69, 9.17) is 0 Å². The summed E-state index contributed by atoms with van der Waals surface area (Å²) in [5, 5.41) is 10.5. The van der Waals surface area contributed by atoms with Crippen molar-refractivity contribution in [2.75, 3.05) is 13.6 Å². The number of rotatable bonds is 4. The minimum Gasteiger partial charge on any atom is -0.389 e. The molecule has 0 atom stereocenters. The van der Waals surface area contributed by atoms with Gasteiger partial charge in [-0.3, -0.25) is 4.90 Å². The minimum atomic E-state index is -0.453. The Labute approximate surface area is 107 Å². The summed E-state index contributed by atoms with van der Waals surface area (Å²) in [6.45, 7) is 3.73. The van der Waals surface area contributed by atoms with Crippen molar-refractivity contribution in [3.8, 4) is 0 Å². The molecule has 0 bridgehead atoms. The van der Waals surface area contributed by atoms with Crippen LogP contribution in [0.15, 0.2) is 5.51 Å². The third-order valence-corrected chi connectivity index (χ3v) is 4.53. The summed E-state index contributed by atoms with van der Waals surface area (Å²) < 4.78 is 0. The fourth-order valence-electron chi connectivity index (χ4n) is 2.65. The van der Waals surface area contributed by atoms with Gasteiger partial charge in [0.1, 0.15) is 0 Å². The van der Waals surface area contributed by atoms with Crippen molar-refractivity contribution < 1.29 is 5.11 Å². The maximum atomic E-state index is 10.5. The van der Waals surface area contributed by atoms with Gasteiger partial charge in [0.25, 0.3) is 0 Å². The lowest BCUT2D eigenvalue weighted by atomic mass is 9.84. The zero-order valence-corrected chi connectivity index (χ0v) is 11.6. The molecule has 0 radical (unpaired) electrons. The zero-order valence-electron chi connectivity index (χ0n) is 10.8. The Balaban J connectivity index is 1.88. The summed E-state index contributed by atoms with van der Waals surface area (Å²) in [5.41, 5.74) is 2.57. The second-order valence-corrected chi connectivity index (χ2v) is 6.26. The summed E-state index contributed by atoms with van der Waals surface area (Å²) >= 11 is 1.70. The third-order valence-electron chi connectivity index (χ3n) is 3.61. The Morgan fingerprint density at radius 3 is 2.71 bits per heavy atom. The first-order chi connectivity index (χ1) is 8.09. The van der Waals surface area contributed by atoms with E-state index >= 15 is 0 Å². The molecule has 0 aromatic carbocycles. The predicted molar refractivity (Wildman–Crippen MR) is 71.2 cm³/mol. The van der Waals surface area contributed by atoms with Crippen LogP contribution in [0.3, 0.4) is 0 Å². The summed E-state index contributed by atoms with van der Waals surface area (Å²) in [6, 6.07) is 0. The quantitative estimate of drug-likeness (QED) is 0.897. The van der Waals surface area contributed by atoms with E-state index in [0.29, 0.717) is 0 Å². The molecule has 1 N–H and O–H groups in total. The Morgan fingerprint density at radius 1 is 1.41 bits per heavy atom. The molecule has 0 unspecified atom stereocenters. The Kier molecular flexibility index (Phi) is 4.17. The number of hydrogen-bond donors (Lipinski definition) is 1. The van der Waals surface area contributed by atoms with Crippen molar-refractivity contribution in [2.45, 2.75) is 51.2 Å².